The lowest BCUT2D eigenvalue weighted by molar-refractivity contribution is 0.123. The number of nitrogens with one attached hydrogen (secondary N) is 1. The molecule has 0 aromatic heterocycles. The first kappa shape index (κ1) is 14.5. The number of hydrogen-bond acceptors (Lipinski definition) is 2. The molecule has 96 valence electrons. The Morgan fingerprint density at radius 1 is 1.35 bits per heavy atom. The predicted molar refractivity (Wildman–Crippen MR) is 73.7 cm³/mol. The molecule has 17 heavy (non-hydrogen) atoms. The molecule has 1 aromatic carbocycles. The lowest BCUT2D eigenvalue weighted by Crippen LogP contribution is -2.26. The Balaban J connectivity index is 2.79. The number of benzene rings is 1. The van der Waals surface area contributed by atoms with Crippen LogP contribution in [0.4, 0.5) is 0 Å². The van der Waals surface area contributed by atoms with Gasteiger partial charge >= 0.3 is 0 Å². The molecule has 2 nitrogen and oxygen atoms in total. The van der Waals surface area contributed by atoms with Gasteiger partial charge in [0.2, 0.25) is 0 Å². The van der Waals surface area contributed by atoms with Crippen LogP contribution in [0.25, 0.3) is 0 Å². The van der Waals surface area contributed by atoms with Gasteiger partial charge in [0.15, 0.2) is 0 Å². The van der Waals surface area contributed by atoms with E-state index in [-0.39, 0.29) is 6.04 Å². The molecule has 0 fully saturated rings. The van der Waals surface area contributed by atoms with E-state index >= 15 is 0 Å². The topological polar surface area (TPSA) is 21.3 Å². The fourth-order valence-electron chi connectivity index (χ4n) is 1.73. The Labute approximate surface area is 109 Å². The molecule has 1 rings (SSSR count). The zero-order valence-electron chi connectivity index (χ0n) is 10.9. The third-order valence-corrected chi connectivity index (χ3v) is 2.99. The average Bonchev–Trinajstić information content (AvgIpc) is 2.30. The van der Waals surface area contributed by atoms with Crippen molar-refractivity contribution in [1.82, 2.24) is 5.32 Å². The first-order chi connectivity index (χ1) is 8.19. The van der Waals surface area contributed by atoms with E-state index in [1.807, 2.05) is 19.9 Å². The Morgan fingerprint density at radius 3 is 2.71 bits per heavy atom. The summed E-state index contributed by atoms with van der Waals surface area (Å²) < 4.78 is 5.51. The Kier molecular flexibility index (Phi) is 6.56. The van der Waals surface area contributed by atoms with Gasteiger partial charge in [-0.2, -0.15) is 0 Å². The highest BCUT2D eigenvalue weighted by Gasteiger charge is 2.13. The molecule has 0 saturated heterocycles. The van der Waals surface area contributed by atoms with Crippen molar-refractivity contribution in [3.8, 4) is 0 Å². The second-order valence-corrected chi connectivity index (χ2v) is 4.60. The van der Waals surface area contributed by atoms with Gasteiger partial charge in [0.25, 0.3) is 0 Å². The largest absolute Gasteiger partial charge is 0.380 e. The maximum Gasteiger partial charge on any atom is 0.0661 e. The number of rotatable bonds is 7. The summed E-state index contributed by atoms with van der Waals surface area (Å²) in [5.74, 6) is 0. The molecular weight excluding hydrogens is 234 g/mol. The first-order valence-corrected chi connectivity index (χ1v) is 6.64. The summed E-state index contributed by atoms with van der Waals surface area (Å²) in [5.41, 5.74) is 2.31. The van der Waals surface area contributed by atoms with E-state index in [4.69, 9.17) is 16.3 Å². The quantitative estimate of drug-likeness (QED) is 0.802. The first-order valence-electron chi connectivity index (χ1n) is 6.26. The zero-order valence-corrected chi connectivity index (χ0v) is 11.7. The van der Waals surface area contributed by atoms with Crippen LogP contribution < -0.4 is 5.32 Å². The molecule has 0 saturated carbocycles. The van der Waals surface area contributed by atoms with Gasteiger partial charge in [0.05, 0.1) is 12.6 Å². The summed E-state index contributed by atoms with van der Waals surface area (Å²) in [6.07, 6.45) is 1.10. The molecule has 0 heterocycles. The van der Waals surface area contributed by atoms with Crippen LogP contribution >= 0.6 is 11.6 Å². The van der Waals surface area contributed by atoms with Crippen molar-refractivity contribution in [2.45, 2.75) is 33.2 Å². The third kappa shape index (κ3) is 4.66. The van der Waals surface area contributed by atoms with Gasteiger partial charge in [0.1, 0.15) is 0 Å². The van der Waals surface area contributed by atoms with E-state index in [0.717, 1.165) is 30.2 Å². The maximum atomic E-state index is 6.29. The summed E-state index contributed by atoms with van der Waals surface area (Å²) in [7, 11) is 0. The number of halogens is 1. The van der Waals surface area contributed by atoms with Gasteiger partial charge in [-0.05, 0) is 44.0 Å². The summed E-state index contributed by atoms with van der Waals surface area (Å²) in [4.78, 5) is 0. The van der Waals surface area contributed by atoms with Crippen LogP contribution in [0.5, 0.6) is 0 Å². The van der Waals surface area contributed by atoms with Crippen molar-refractivity contribution in [3.05, 3.63) is 34.3 Å². The molecule has 0 spiro atoms. The van der Waals surface area contributed by atoms with Crippen LogP contribution in [-0.2, 0) is 4.74 Å². The molecule has 0 aliphatic rings. The highest BCUT2D eigenvalue weighted by atomic mass is 35.5. The van der Waals surface area contributed by atoms with Crippen LogP contribution in [0.15, 0.2) is 18.2 Å². The van der Waals surface area contributed by atoms with E-state index in [2.05, 4.69) is 24.4 Å². The van der Waals surface area contributed by atoms with E-state index in [0.29, 0.717) is 6.61 Å². The monoisotopic (exact) mass is 255 g/mol. The van der Waals surface area contributed by atoms with Crippen molar-refractivity contribution >= 4 is 11.6 Å². The molecular formula is C14H22ClNO. The summed E-state index contributed by atoms with van der Waals surface area (Å²) >= 11 is 6.29. The fourth-order valence-corrected chi connectivity index (χ4v) is 2.09. The van der Waals surface area contributed by atoms with Crippen molar-refractivity contribution in [3.63, 3.8) is 0 Å². The fraction of sp³-hybridized carbons (Fsp3) is 0.571. The molecule has 1 atom stereocenters. The van der Waals surface area contributed by atoms with Gasteiger partial charge in [-0.15, -0.1) is 0 Å². The number of aryl methyl sites for hydroxylation is 1. The molecule has 0 bridgehead atoms. The standard InChI is InChI=1S/C14H22ClNO/c1-4-8-16-14(10-17-5-2)12-7-6-11(3)9-13(12)15/h6-7,9,14,16H,4-5,8,10H2,1-3H3. The van der Waals surface area contributed by atoms with E-state index in [9.17, 15) is 0 Å². The number of ether oxygens (including phenoxy) is 1. The van der Waals surface area contributed by atoms with Crippen molar-refractivity contribution in [1.29, 1.82) is 0 Å². The highest BCUT2D eigenvalue weighted by molar-refractivity contribution is 6.31. The van der Waals surface area contributed by atoms with Gasteiger partial charge < -0.3 is 10.1 Å². The van der Waals surface area contributed by atoms with E-state index < -0.39 is 0 Å². The van der Waals surface area contributed by atoms with Crippen LogP contribution in [-0.4, -0.2) is 19.8 Å². The van der Waals surface area contributed by atoms with Gasteiger partial charge in [-0.3, -0.25) is 0 Å². The minimum absolute atomic E-state index is 0.183. The van der Waals surface area contributed by atoms with Crippen molar-refractivity contribution < 1.29 is 4.74 Å². The summed E-state index contributed by atoms with van der Waals surface area (Å²) in [6, 6.07) is 6.37. The van der Waals surface area contributed by atoms with Crippen molar-refractivity contribution in [2.75, 3.05) is 19.8 Å². The minimum atomic E-state index is 0.183. The SMILES string of the molecule is CCCNC(COCC)c1ccc(C)cc1Cl. The van der Waals surface area contributed by atoms with Gasteiger partial charge in [-0.25, -0.2) is 0 Å². The second kappa shape index (κ2) is 7.70. The summed E-state index contributed by atoms with van der Waals surface area (Å²) in [5, 5.41) is 4.29. The average molecular weight is 256 g/mol. The Bertz CT molecular complexity index is 333. The van der Waals surface area contributed by atoms with Crippen LogP contribution in [0.1, 0.15) is 37.4 Å². The maximum absolute atomic E-state index is 6.29. The Hall–Kier alpha value is -0.570. The molecule has 0 aliphatic heterocycles. The molecule has 1 unspecified atom stereocenters. The minimum Gasteiger partial charge on any atom is -0.380 e. The highest BCUT2D eigenvalue weighted by Crippen LogP contribution is 2.24. The molecule has 0 amide bonds. The van der Waals surface area contributed by atoms with Gasteiger partial charge in [-0.1, -0.05) is 30.7 Å². The molecule has 1 aromatic rings. The third-order valence-electron chi connectivity index (χ3n) is 2.66. The van der Waals surface area contributed by atoms with Crippen molar-refractivity contribution in [2.24, 2.45) is 0 Å². The molecule has 1 N–H and O–H groups in total. The van der Waals surface area contributed by atoms with E-state index in [1.165, 1.54) is 5.56 Å². The van der Waals surface area contributed by atoms with Gasteiger partial charge in [0, 0.05) is 11.6 Å². The molecule has 3 heteroatoms. The summed E-state index contributed by atoms with van der Waals surface area (Å²) in [6.45, 7) is 8.58. The lowest BCUT2D eigenvalue weighted by Gasteiger charge is -2.20. The molecule has 0 radical (unpaired) electrons. The normalized spacial score (nSPS) is 12.7. The second-order valence-electron chi connectivity index (χ2n) is 4.19. The van der Waals surface area contributed by atoms with Crippen LogP contribution in [0.2, 0.25) is 5.02 Å². The molecule has 0 aliphatic carbocycles. The van der Waals surface area contributed by atoms with E-state index in [1.54, 1.807) is 0 Å². The Morgan fingerprint density at radius 2 is 2.12 bits per heavy atom. The number of hydrogen-bond donors (Lipinski definition) is 1. The smallest absolute Gasteiger partial charge is 0.0661 e. The lowest BCUT2D eigenvalue weighted by atomic mass is 10.1. The zero-order chi connectivity index (χ0) is 12.7. The van der Waals surface area contributed by atoms with Crippen LogP contribution in [0.3, 0.4) is 0 Å². The van der Waals surface area contributed by atoms with Crippen LogP contribution in [0, 0.1) is 6.92 Å². The predicted octanol–water partition coefficient (Wildman–Crippen LogP) is 3.73.